The van der Waals surface area contributed by atoms with E-state index in [0.717, 1.165) is 31.4 Å². The van der Waals surface area contributed by atoms with Crippen LogP contribution in [0.2, 0.25) is 0 Å². The number of carbonyl (C=O) groups is 3. The van der Waals surface area contributed by atoms with Crippen molar-refractivity contribution in [1.82, 2.24) is 4.90 Å². The summed E-state index contributed by atoms with van der Waals surface area (Å²) in [7, 11) is 1.55. The lowest BCUT2D eigenvalue weighted by atomic mass is 10.1. The van der Waals surface area contributed by atoms with Crippen LogP contribution < -0.4 is 14.8 Å². The van der Waals surface area contributed by atoms with Gasteiger partial charge in [-0.15, -0.1) is 0 Å². The molecule has 1 aliphatic rings. The lowest BCUT2D eigenvalue weighted by molar-refractivity contribution is -0.127. The number of methoxy groups -OCH3 is 1. The maximum absolute atomic E-state index is 12.9. The van der Waals surface area contributed by atoms with Crippen LogP contribution in [0.3, 0.4) is 0 Å². The fraction of sp³-hybridized carbons (Fsp3) is 0.148. The Morgan fingerprint density at radius 1 is 1.08 bits per heavy atom. The van der Waals surface area contributed by atoms with Gasteiger partial charge in [-0.05, 0) is 82.2 Å². The van der Waals surface area contributed by atoms with Gasteiger partial charge in [0, 0.05) is 5.69 Å². The second-order valence-corrected chi connectivity index (χ2v) is 10.1. The van der Waals surface area contributed by atoms with E-state index in [9.17, 15) is 14.4 Å². The van der Waals surface area contributed by atoms with Crippen molar-refractivity contribution in [2.24, 2.45) is 0 Å². The summed E-state index contributed by atoms with van der Waals surface area (Å²) in [5, 5.41) is 2.26. The number of hydrogen-bond donors (Lipinski definition) is 1. The van der Waals surface area contributed by atoms with Gasteiger partial charge in [0.1, 0.15) is 13.2 Å². The average molecular weight is 614 g/mol. The third-order valence-corrected chi connectivity index (χ3v) is 7.08. The minimum Gasteiger partial charge on any atom is -0.493 e. The maximum atomic E-state index is 12.9. The summed E-state index contributed by atoms with van der Waals surface area (Å²) in [5.41, 5.74) is 3.23. The molecule has 36 heavy (non-hydrogen) atoms. The first-order valence-electron chi connectivity index (χ1n) is 11.0. The number of hydrogen-bond acceptors (Lipinski definition) is 6. The SMILES string of the molecule is COc1cc(/C=C2/SC(=O)N(CC(=O)Nc3ccccc3C)C2=O)cc(I)c1OCc1ccccc1. The lowest BCUT2D eigenvalue weighted by Gasteiger charge is -2.14. The number of halogens is 1. The number of ether oxygens (including phenoxy) is 2. The highest BCUT2D eigenvalue weighted by atomic mass is 127. The highest BCUT2D eigenvalue weighted by molar-refractivity contribution is 14.1. The van der Waals surface area contributed by atoms with E-state index in [1.807, 2.05) is 55.5 Å². The molecule has 0 bridgehead atoms. The molecular formula is C27H23IN2O5S. The van der Waals surface area contributed by atoms with Crippen molar-refractivity contribution in [3.05, 3.63) is 91.9 Å². The Kier molecular flexibility index (Phi) is 8.32. The number of amides is 3. The minimum atomic E-state index is -0.511. The molecule has 184 valence electrons. The van der Waals surface area contributed by atoms with Gasteiger partial charge in [0.25, 0.3) is 11.1 Å². The quantitative estimate of drug-likeness (QED) is 0.253. The van der Waals surface area contributed by atoms with E-state index in [2.05, 4.69) is 27.9 Å². The van der Waals surface area contributed by atoms with Gasteiger partial charge in [0.2, 0.25) is 5.91 Å². The first kappa shape index (κ1) is 25.8. The molecule has 1 saturated heterocycles. The number of anilines is 1. The first-order chi connectivity index (χ1) is 17.4. The molecule has 0 aromatic heterocycles. The first-order valence-corrected chi connectivity index (χ1v) is 12.9. The number of rotatable bonds is 8. The summed E-state index contributed by atoms with van der Waals surface area (Å²) >= 11 is 2.95. The molecule has 0 aliphatic carbocycles. The summed E-state index contributed by atoms with van der Waals surface area (Å²) in [6.45, 7) is 1.89. The summed E-state index contributed by atoms with van der Waals surface area (Å²) in [4.78, 5) is 39.1. The number of benzene rings is 3. The van der Waals surface area contributed by atoms with E-state index < -0.39 is 17.1 Å². The summed E-state index contributed by atoms with van der Waals surface area (Å²) < 4.78 is 12.3. The van der Waals surface area contributed by atoms with E-state index in [-0.39, 0.29) is 11.4 Å². The fourth-order valence-electron chi connectivity index (χ4n) is 3.53. The van der Waals surface area contributed by atoms with Crippen LogP contribution in [0.15, 0.2) is 71.6 Å². The average Bonchev–Trinajstić information content (AvgIpc) is 3.12. The monoisotopic (exact) mass is 614 g/mol. The molecule has 3 aromatic carbocycles. The molecule has 9 heteroatoms. The van der Waals surface area contributed by atoms with Gasteiger partial charge in [0.15, 0.2) is 11.5 Å². The van der Waals surface area contributed by atoms with Crippen molar-refractivity contribution >= 4 is 63.2 Å². The van der Waals surface area contributed by atoms with Crippen LogP contribution in [0, 0.1) is 10.5 Å². The largest absolute Gasteiger partial charge is 0.493 e. The van der Waals surface area contributed by atoms with Crippen LogP contribution in [-0.4, -0.2) is 35.6 Å². The highest BCUT2D eigenvalue weighted by Gasteiger charge is 2.36. The normalized spacial score (nSPS) is 14.3. The van der Waals surface area contributed by atoms with Gasteiger partial charge in [-0.3, -0.25) is 19.3 Å². The third kappa shape index (κ3) is 6.08. The highest BCUT2D eigenvalue weighted by Crippen LogP contribution is 2.37. The number of nitrogens with zero attached hydrogens (tertiary/aromatic N) is 1. The summed E-state index contributed by atoms with van der Waals surface area (Å²) in [6.07, 6.45) is 1.62. The van der Waals surface area contributed by atoms with Crippen molar-refractivity contribution in [3.63, 3.8) is 0 Å². The Morgan fingerprint density at radius 2 is 1.81 bits per heavy atom. The predicted molar refractivity (Wildman–Crippen MR) is 149 cm³/mol. The predicted octanol–water partition coefficient (Wildman–Crippen LogP) is 5.86. The van der Waals surface area contributed by atoms with Gasteiger partial charge < -0.3 is 14.8 Å². The smallest absolute Gasteiger partial charge is 0.294 e. The molecule has 1 N–H and O–H groups in total. The maximum Gasteiger partial charge on any atom is 0.294 e. The molecule has 7 nitrogen and oxygen atoms in total. The Balaban J connectivity index is 1.47. The molecule has 1 heterocycles. The molecule has 0 unspecified atom stereocenters. The molecule has 0 radical (unpaired) electrons. The molecule has 0 atom stereocenters. The second-order valence-electron chi connectivity index (χ2n) is 7.94. The van der Waals surface area contributed by atoms with Gasteiger partial charge >= 0.3 is 0 Å². The van der Waals surface area contributed by atoms with Crippen molar-refractivity contribution in [1.29, 1.82) is 0 Å². The molecule has 0 spiro atoms. The lowest BCUT2D eigenvalue weighted by Crippen LogP contribution is -2.36. The summed E-state index contributed by atoms with van der Waals surface area (Å²) in [5.74, 6) is 0.160. The Labute approximate surface area is 227 Å². The Hall–Kier alpha value is -3.31. The Bertz CT molecular complexity index is 1340. The number of nitrogens with one attached hydrogen (secondary N) is 1. The zero-order chi connectivity index (χ0) is 25.7. The zero-order valence-electron chi connectivity index (χ0n) is 19.6. The van der Waals surface area contributed by atoms with E-state index in [1.54, 1.807) is 31.4 Å². The minimum absolute atomic E-state index is 0.236. The number of para-hydroxylation sites is 1. The van der Waals surface area contributed by atoms with E-state index >= 15 is 0 Å². The van der Waals surface area contributed by atoms with E-state index in [0.29, 0.717) is 29.4 Å². The van der Waals surface area contributed by atoms with E-state index in [4.69, 9.17) is 9.47 Å². The van der Waals surface area contributed by atoms with Crippen LogP contribution >= 0.6 is 34.4 Å². The van der Waals surface area contributed by atoms with Crippen molar-refractivity contribution < 1.29 is 23.9 Å². The number of thioether (sulfide) groups is 1. The summed E-state index contributed by atoms with van der Waals surface area (Å²) in [6, 6.07) is 20.7. The molecule has 3 aromatic rings. The topological polar surface area (TPSA) is 84.9 Å². The number of aryl methyl sites for hydroxylation is 1. The van der Waals surface area contributed by atoms with E-state index in [1.165, 1.54) is 0 Å². The van der Waals surface area contributed by atoms with Gasteiger partial charge in [0.05, 0.1) is 15.6 Å². The molecule has 1 aliphatic heterocycles. The molecule has 4 rings (SSSR count). The van der Waals surface area contributed by atoms with Crippen LogP contribution in [-0.2, 0) is 16.2 Å². The van der Waals surface area contributed by atoms with Gasteiger partial charge in [-0.2, -0.15) is 0 Å². The molecule has 0 saturated carbocycles. The third-order valence-electron chi connectivity index (χ3n) is 5.37. The number of carbonyl (C=O) groups excluding carboxylic acids is 3. The van der Waals surface area contributed by atoms with Crippen molar-refractivity contribution in [2.75, 3.05) is 19.0 Å². The Morgan fingerprint density at radius 3 is 2.53 bits per heavy atom. The fourth-order valence-corrected chi connectivity index (χ4v) is 5.15. The second kappa shape index (κ2) is 11.6. The molecular weight excluding hydrogens is 591 g/mol. The van der Waals surface area contributed by atoms with Gasteiger partial charge in [-0.1, -0.05) is 48.5 Å². The zero-order valence-corrected chi connectivity index (χ0v) is 22.6. The van der Waals surface area contributed by atoms with Gasteiger partial charge in [-0.25, -0.2) is 0 Å². The molecule has 3 amide bonds. The van der Waals surface area contributed by atoms with Crippen LogP contribution in [0.5, 0.6) is 11.5 Å². The van der Waals surface area contributed by atoms with Crippen molar-refractivity contribution in [2.45, 2.75) is 13.5 Å². The van der Waals surface area contributed by atoms with Crippen molar-refractivity contribution in [3.8, 4) is 11.5 Å². The van der Waals surface area contributed by atoms with Crippen LogP contribution in [0.4, 0.5) is 10.5 Å². The van der Waals surface area contributed by atoms with Crippen LogP contribution in [0.25, 0.3) is 6.08 Å². The standard InChI is InChI=1S/C27H23IN2O5S/c1-17-8-6-7-11-21(17)29-24(31)15-30-26(32)23(36-27(30)33)14-19-12-20(28)25(22(13-19)34-2)35-16-18-9-4-3-5-10-18/h3-14H,15-16H2,1-2H3,(H,29,31)/b23-14+. The van der Waals surface area contributed by atoms with Crippen LogP contribution in [0.1, 0.15) is 16.7 Å². The molecule has 1 fully saturated rings. The number of imide groups is 1.